The Labute approximate surface area is 108 Å². The fourth-order valence-corrected chi connectivity index (χ4v) is 4.39. The highest BCUT2D eigenvalue weighted by molar-refractivity contribution is 5.74. The van der Waals surface area contributed by atoms with Crippen LogP contribution in [0.3, 0.4) is 0 Å². The topological polar surface area (TPSA) is 0 Å². The zero-order valence-electron chi connectivity index (χ0n) is 10.4. The molecule has 2 atom stereocenters. The number of benzene rings is 2. The third-order valence-electron chi connectivity index (χ3n) is 5.44. The van der Waals surface area contributed by atoms with Crippen LogP contribution in [0.5, 0.6) is 0 Å². The van der Waals surface area contributed by atoms with Crippen molar-refractivity contribution < 1.29 is 0 Å². The van der Waals surface area contributed by atoms with Crippen molar-refractivity contribution in [2.45, 2.75) is 31.6 Å². The molecule has 3 aliphatic carbocycles. The van der Waals surface area contributed by atoms with Crippen molar-refractivity contribution in [1.82, 2.24) is 0 Å². The lowest BCUT2D eigenvalue weighted by atomic mass is 9.76. The van der Waals surface area contributed by atoms with Gasteiger partial charge in [0.15, 0.2) is 0 Å². The molecule has 1 fully saturated rings. The molecule has 0 aromatic heterocycles. The Balaban J connectivity index is 1.87. The Kier molecular flexibility index (Phi) is 1.50. The Hall–Kier alpha value is -1.56. The van der Waals surface area contributed by atoms with Crippen molar-refractivity contribution >= 4 is 0 Å². The highest BCUT2D eigenvalue weighted by Gasteiger charge is 2.56. The predicted molar refractivity (Wildman–Crippen MR) is 73.7 cm³/mol. The summed E-state index contributed by atoms with van der Waals surface area (Å²) in [5, 5.41) is 0. The molecule has 0 aliphatic heterocycles. The largest absolute Gasteiger partial charge is 0.0620 e. The van der Waals surface area contributed by atoms with E-state index in [1.54, 1.807) is 16.7 Å². The molecular formula is C18H16. The minimum absolute atomic E-state index is 0.642. The van der Waals surface area contributed by atoms with Crippen LogP contribution in [0.4, 0.5) is 0 Å². The first-order chi connectivity index (χ1) is 8.86. The van der Waals surface area contributed by atoms with Crippen molar-refractivity contribution in [3.63, 3.8) is 0 Å². The Bertz CT molecular complexity index is 667. The van der Waals surface area contributed by atoms with Gasteiger partial charge in [0, 0.05) is 0 Å². The standard InChI is InChI=1S/C18H16/c1-2-4-14-13(3-1)7-8-18-10-12-5-6-15(14)16(9-12)17(18)11-18/h1-6,9,17H,7-8,10-11H2. The Morgan fingerprint density at radius 1 is 1.00 bits per heavy atom. The zero-order valence-corrected chi connectivity index (χ0v) is 10.4. The van der Waals surface area contributed by atoms with Gasteiger partial charge >= 0.3 is 0 Å². The highest BCUT2D eigenvalue weighted by atomic mass is 14.6. The second-order valence-electron chi connectivity index (χ2n) is 6.37. The van der Waals surface area contributed by atoms with Crippen LogP contribution in [0.15, 0.2) is 42.5 Å². The third kappa shape index (κ3) is 1.03. The van der Waals surface area contributed by atoms with Crippen LogP contribution in [0.2, 0.25) is 0 Å². The molecule has 0 radical (unpaired) electrons. The van der Waals surface area contributed by atoms with E-state index >= 15 is 0 Å². The van der Waals surface area contributed by atoms with Gasteiger partial charge in [0.2, 0.25) is 0 Å². The van der Waals surface area contributed by atoms with Crippen molar-refractivity contribution in [3.8, 4) is 11.1 Å². The molecule has 18 heavy (non-hydrogen) atoms. The molecule has 0 spiro atoms. The molecule has 0 nitrogen and oxygen atoms in total. The maximum atomic E-state index is 2.48. The Morgan fingerprint density at radius 3 is 2.94 bits per heavy atom. The Morgan fingerprint density at radius 2 is 1.94 bits per heavy atom. The van der Waals surface area contributed by atoms with Gasteiger partial charge in [0.1, 0.15) is 0 Å². The normalized spacial score (nSPS) is 30.1. The van der Waals surface area contributed by atoms with E-state index in [1.165, 1.54) is 36.8 Å². The minimum atomic E-state index is 0.642. The molecule has 0 heterocycles. The first-order valence-corrected chi connectivity index (χ1v) is 7.07. The molecule has 0 saturated heterocycles. The van der Waals surface area contributed by atoms with Crippen molar-refractivity contribution in [3.05, 3.63) is 59.2 Å². The van der Waals surface area contributed by atoms with Gasteiger partial charge in [-0.3, -0.25) is 0 Å². The second kappa shape index (κ2) is 2.88. The number of hydrogen-bond acceptors (Lipinski definition) is 0. The van der Waals surface area contributed by atoms with Gasteiger partial charge in [-0.25, -0.2) is 0 Å². The molecule has 88 valence electrons. The van der Waals surface area contributed by atoms with E-state index in [9.17, 15) is 0 Å². The summed E-state index contributed by atoms with van der Waals surface area (Å²) in [7, 11) is 0. The van der Waals surface area contributed by atoms with Crippen LogP contribution in [0.1, 0.15) is 35.4 Å². The monoisotopic (exact) mass is 232 g/mol. The summed E-state index contributed by atoms with van der Waals surface area (Å²) in [5.74, 6) is 0.870. The van der Waals surface area contributed by atoms with E-state index in [1.807, 2.05) is 0 Å². The van der Waals surface area contributed by atoms with Crippen LogP contribution < -0.4 is 0 Å². The van der Waals surface area contributed by atoms with E-state index in [2.05, 4.69) is 42.5 Å². The molecule has 2 aromatic carbocycles. The number of hydrogen-bond donors (Lipinski definition) is 0. The third-order valence-corrected chi connectivity index (χ3v) is 5.44. The number of rotatable bonds is 0. The van der Waals surface area contributed by atoms with Crippen molar-refractivity contribution in [1.29, 1.82) is 0 Å². The van der Waals surface area contributed by atoms with Gasteiger partial charge in [-0.05, 0) is 64.8 Å². The molecule has 3 bridgehead atoms. The fraction of sp³-hybridized carbons (Fsp3) is 0.333. The summed E-state index contributed by atoms with van der Waals surface area (Å²) < 4.78 is 0. The first kappa shape index (κ1) is 9.38. The highest BCUT2D eigenvalue weighted by Crippen LogP contribution is 2.68. The molecular weight excluding hydrogens is 216 g/mol. The van der Waals surface area contributed by atoms with E-state index in [0.717, 1.165) is 5.92 Å². The maximum absolute atomic E-state index is 2.48. The molecule has 2 aromatic rings. The lowest BCUT2D eigenvalue weighted by Gasteiger charge is -2.28. The minimum Gasteiger partial charge on any atom is -0.0620 e. The van der Waals surface area contributed by atoms with E-state index < -0.39 is 0 Å². The maximum Gasteiger partial charge on any atom is -0.00900 e. The van der Waals surface area contributed by atoms with E-state index in [0.29, 0.717) is 5.41 Å². The molecule has 3 aliphatic rings. The van der Waals surface area contributed by atoms with Crippen LogP contribution in [0.25, 0.3) is 11.1 Å². The van der Waals surface area contributed by atoms with Gasteiger partial charge in [0.05, 0.1) is 0 Å². The summed E-state index contributed by atoms with van der Waals surface area (Å²) in [6.45, 7) is 0. The molecule has 1 saturated carbocycles. The summed E-state index contributed by atoms with van der Waals surface area (Å²) >= 11 is 0. The molecule has 0 amide bonds. The van der Waals surface area contributed by atoms with Gasteiger partial charge < -0.3 is 0 Å². The molecule has 0 N–H and O–H groups in total. The van der Waals surface area contributed by atoms with Gasteiger partial charge in [0.25, 0.3) is 0 Å². The summed E-state index contributed by atoms with van der Waals surface area (Å²) in [4.78, 5) is 0. The van der Waals surface area contributed by atoms with Gasteiger partial charge in [-0.2, -0.15) is 0 Å². The average molecular weight is 232 g/mol. The van der Waals surface area contributed by atoms with Crippen LogP contribution >= 0.6 is 0 Å². The van der Waals surface area contributed by atoms with Crippen LogP contribution in [-0.2, 0) is 12.8 Å². The quantitative estimate of drug-likeness (QED) is 0.634. The number of aryl methyl sites for hydroxylation is 1. The van der Waals surface area contributed by atoms with Crippen LogP contribution in [-0.4, -0.2) is 0 Å². The predicted octanol–water partition coefficient (Wildman–Crippen LogP) is 4.33. The first-order valence-electron chi connectivity index (χ1n) is 7.07. The summed E-state index contributed by atoms with van der Waals surface area (Å²) in [6.07, 6.45) is 5.41. The SMILES string of the molecule is c1ccc2c(c1)CCC13Cc4ccc-2c(c4)C1C3. The smallest absolute Gasteiger partial charge is 0.00900 e. The molecule has 2 unspecified atom stereocenters. The molecule has 0 heteroatoms. The average Bonchev–Trinajstić information content (AvgIpc) is 3.11. The zero-order chi connectivity index (χ0) is 11.7. The van der Waals surface area contributed by atoms with Gasteiger partial charge in [-0.1, -0.05) is 42.5 Å². The number of fused-ring (bicyclic) bond motifs is 3. The fourth-order valence-electron chi connectivity index (χ4n) is 4.39. The van der Waals surface area contributed by atoms with Gasteiger partial charge in [-0.15, -0.1) is 0 Å². The summed E-state index contributed by atoms with van der Waals surface area (Å²) in [6, 6.07) is 16.2. The lowest BCUT2D eigenvalue weighted by molar-refractivity contribution is 0.436. The van der Waals surface area contributed by atoms with E-state index in [4.69, 9.17) is 0 Å². The molecule has 5 rings (SSSR count). The van der Waals surface area contributed by atoms with Crippen molar-refractivity contribution in [2.75, 3.05) is 0 Å². The second-order valence-corrected chi connectivity index (χ2v) is 6.37. The van der Waals surface area contributed by atoms with Crippen molar-refractivity contribution in [2.24, 2.45) is 5.41 Å². The summed E-state index contributed by atoms with van der Waals surface area (Å²) in [5.41, 5.74) is 8.41. The lowest BCUT2D eigenvalue weighted by Crippen LogP contribution is -2.16. The van der Waals surface area contributed by atoms with E-state index in [-0.39, 0.29) is 0 Å². The van der Waals surface area contributed by atoms with Crippen LogP contribution in [0, 0.1) is 5.41 Å².